The summed E-state index contributed by atoms with van der Waals surface area (Å²) in [6, 6.07) is 5.61. The SMILES string of the molecule is CC(CBr)c1ccc(Cl)cc1Cl. The second-order valence-corrected chi connectivity index (χ2v) is 4.21. The molecule has 0 aliphatic heterocycles. The zero-order valence-electron chi connectivity index (χ0n) is 6.65. The van der Waals surface area contributed by atoms with Gasteiger partial charge < -0.3 is 0 Å². The van der Waals surface area contributed by atoms with E-state index < -0.39 is 0 Å². The van der Waals surface area contributed by atoms with Crippen molar-refractivity contribution < 1.29 is 0 Å². The van der Waals surface area contributed by atoms with E-state index in [1.54, 1.807) is 6.07 Å². The monoisotopic (exact) mass is 266 g/mol. The molecule has 0 bridgehead atoms. The number of halogens is 3. The summed E-state index contributed by atoms with van der Waals surface area (Å²) in [6.07, 6.45) is 0. The van der Waals surface area contributed by atoms with E-state index in [4.69, 9.17) is 23.2 Å². The highest BCUT2D eigenvalue weighted by atomic mass is 79.9. The van der Waals surface area contributed by atoms with Crippen LogP contribution in [0, 0.1) is 0 Å². The van der Waals surface area contributed by atoms with E-state index in [-0.39, 0.29) is 0 Å². The molecule has 1 atom stereocenters. The second kappa shape index (κ2) is 4.50. The largest absolute Gasteiger partial charge is 0.0922 e. The molecule has 0 aliphatic rings. The van der Waals surface area contributed by atoms with Crippen LogP contribution in [0.1, 0.15) is 18.4 Å². The molecule has 66 valence electrons. The predicted octanol–water partition coefficient (Wildman–Crippen LogP) is 4.49. The van der Waals surface area contributed by atoms with Crippen molar-refractivity contribution in [2.24, 2.45) is 0 Å². The average molecular weight is 268 g/mol. The Balaban J connectivity index is 3.01. The Bertz CT molecular complexity index is 273. The highest BCUT2D eigenvalue weighted by molar-refractivity contribution is 9.09. The van der Waals surface area contributed by atoms with Gasteiger partial charge in [-0.05, 0) is 23.6 Å². The summed E-state index contributed by atoms with van der Waals surface area (Å²) in [5.74, 6) is 0.426. The molecule has 1 aromatic rings. The number of hydrogen-bond donors (Lipinski definition) is 0. The number of benzene rings is 1. The molecule has 0 saturated heterocycles. The average Bonchev–Trinajstić information content (AvgIpc) is 2.03. The summed E-state index contributed by atoms with van der Waals surface area (Å²) >= 11 is 15.2. The molecule has 12 heavy (non-hydrogen) atoms. The minimum atomic E-state index is 0.426. The first kappa shape index (κ1) is 10.4. The fourth-order valence-electron chi connectivity index (χ4n) is 0.984. The Morgan fingerprint density at radius 3 is 2.58 bits per heavy atom. The highest BCUT2D eigenvalue weighted by Gasteiger charge is 2.07. The van der Waals surface area contributed by atoms with Gasteiger partial charge in [-0.3, -0.25) is 0 Å². The first-order chi connectivity index (χ1) is 5.65. The summed E-state index contributed by atoms with van der Waals surface area (Å²) in [5.41, 5.74) is 1.14. The lowest BCUT2D eigenvalue weighted by molar-refractivity contribution is 0.888. The van der Waals surface area contributed by atoms with Crippen LogP contribution in [0.3, 0.4) is 0 Å². The maximum atomic E-state index is 6.00. The van der Waals surface area contributed by atoms with Crippen LogP contribution < -0.4 is 0 Å². The van der Waals surface area contributed by atoms with Gasteiger partial charge >= 0.3 is 0 Å². The van der Waals surface area contributed by atoms with Crippen LogP contribution in [-0.2, 0) is 0 Å². The molecular formula is C9H9BrCl2. The zero-order chi connectivity index (χ0) is 9.14. The molecule has 0 spiro atoms. The van der Waals surface area contributed by atoms with Crippen molar-refractivity contribution in [2.45, 2.75) is 12.8 Å². The molecule has 0 amide bonds. The van der Waals surface area contributed by atoms with Gasteiger partial charge in [0.25, 0.3) is 0 Å². The van der Waals surface area contributed by atoms with Gasteiger partial charge in [0.15, 0.2) is 0 Å². The van der Waals surface area contributed by atoms with E-state index in [0.717, 1.165) is 15.9 Å². The topological polar surface area (TPSA) is 0 Å². The van der Waals surface area contributed by atoms with Gasteiger partial charge in [0.2, 0.25) is 0 Å². The van der Waals surface area contributed by atoms with Crippen LogP contribution in [-0.4, -0.2) is 5.33 Å². The summed E-state index contributed by atoms with van der Waals surface area (Å²) in [7, 11) is 0. The molecule has 0 saturated carbocycles. The second-order valence-electron chi connectivity index (χ2n) is 2.72. The third-order valence-corrected chi connectivity index (χ3v) is 3.26. The lowest BCUT2D eigenvalue weighted by Gasteiger charge is -2.09. The fourth-order valence-corrected chi connectivity index (χ4v) is 1.93. The molecule has 1 rings (SSSR count). The molecule has 0 N–H and O–H groups in total. The highest BCUT2D eigenvalue weighted by Crippen LogP contribution is 2.28. The lowest BCUT2D eigenvalue weighted by Crippen LogP contribution is -1.94. The van der Waals surface area contributed by atoms with Crippen molar-refractivity contribution in [3.05, 3.63) is 33.8 Å². The van der Waals surface area contributed by atoms with Crippen molar-refractivity contribution in [2.75, 3.05) is 5.33 Å². The molecule has 0 aliphatic carbocycles. The van der Waals surface area contributed by atoms with Crippen LogP contribution >= 0.6 is 39.1 Å². The van der Waals surface area contributed by atoms with Crippen molar-refractivity contribution in [1.82, 2.24) is 0 Å². The van der Waals surface area contributed by atoms with Gasteiger partial charge in [-0.2, -0.15) is 0 Å². The quantitative estimate of drug-likeness (QED) is 0.693. The third-order valence-electron chi connectivity index (χ3n) is 1.72. The molecule has 0 nitrogen and oxygen atoms in total. The molecule has 0 radical (unpaired) electrons. The maximum Gasteiger partial charge on any atom is 0.0455 e. The lowest BCUT2D eigenvalue weighted by atomic mass is 10.0. The van der Waals surface area contributed by atoms with Crippen LogP contribution in [0.25, 0.3) is 0 Å². The third kappa shape index (κ3) is 2.38. The molecule has 1 unspecified atom stereocenters. The summed E-state index contributed by atoms with van der Waals surface area (Å²) < 4.78 is 0. The van der Waals surface area contributed by atoms with E-state index in [1.165, 1.54) is 0 Å². The molecule has 0 fully saturated rings. The van der Waals surface area contributed by atoms with Crippen molar-refractivity contribution in [3.63, 3.8) is 0 Å². The minimum Gasteiger partial charge on any atom is -0.0922 e. The van der Waals surface area contributed by atoms with Gasteiger partial charge in [-0.25, -0.2) is 0 Å². The summed E-state index contributed by atoms with van der Waals surface area (Å²) in [4.78, 5) is 0. The van der Waals surface area contributed by atoms with Crippen LogP contribution in [0.15, 0.2) is 18.2 Å². The summed E-state index contributed by atoms with van der Waals surface area (Å²) in [5, 5.41) is 2.34. The van der Waals surface area contributed by atoms with E-state index in [9.17, 15) is 0 Å². The van der Waals surface area contributed by atoms with E-state index in [0.29, 0.717) is 10.9 Å². The molecule has 3 heteroatoms. The fraction of sp³-hybridized carbons (Fsp3) is 0.333. The van der Waals surface area contributed by atoms with Gasteiger partial charge in [-0.15, -0.1) is 0 Å². The van der Waals surface area contributed by atoms with E-state index >= 15 is 0 Å². The van der Waals surface area contributed by atoms with Crippen LogP contribution in [0.5, 0.6) is 0 Å². The normalized spacial score (nSPS) is 13.0. The van der Waals surface area contributed by atoms with Crippen molar-refractivity contribution in [3.8, 4) is 0 Å². The Hall–Kier alpha value is 0.280. The van der Waals surface area contributed by atoms with Gasteiger partial charge in [0.05, 0.1) is 0 Å². The van der Waals surface area contributed by atoms with Gasteiger partial charge in [0, 0.05) is 15.4 Å². The molecule has 1 aromatic carbocycles. The zero-order valence-corrected chi connectivity index (χ0v) is 9.75. The number of alkyl halides is 1. The number of rotatable bonds is 2. The Kier molecular flexibility index (Phi) is 3.88. The van der Waals surface area contributed by atoms with Crippen LogP contribution in [0.4, 0.5) is 0 Å². The summed E-state index contributed by atoms with van der Waals surface area (Å²) in [6.45, 7) is 2.11. The Morgan fingerprint density at radius 2 is 2.08 bits per heavy atom. The van der Waals surface area contributed by atoms with Crippen LogP contribution in [0.2, 0.25) is 10.0 Å². The first-order valence-electron chi connectivity index (χ1n) is 3.66. The Morgan fingerprint density at radius 1 is 1.42 bits per heavy atom. The van der Waals surface area contributed by atoms with Gasteiger partial charge in [-0.1, -0.05) is 52.1 Å². The van der Waals surface area contributed by atoms with E-state index in [2.05, 4.69) is 22.9 Å². The van der Waals surface area contributed by atoms with E-state index in [1.807, 2.05) is 12.1 Å². The maximum absolute atomic E-state index is 6.00. The number of hydrogen-bond acceptors (Lipinski definition) is 0. The molecular weight excluding hydrogens is 259 g/mol. The van der Waals surface area contributed by atoms with Gasteiger partial charge in [0.1, 0.15) is 0 Å². The molecule has 0 aromatic heterocycles. The van der Waals surface area contributed by atoms with Crippen molar-refractivity contribution in [1.29, 1.82) is 0 Å². The molecule has 0 heterocycles. The first-order valence-corrected chi connectivity index (χ1v) is 5.53. The minimum absolute atomic E-state index is 0.426. The smallest absolute Gasteiger partial charge is 0.0455 e. The Labute approximate surface area is 91.0 Å². The predicted molar refractivity (Wildman–Crippen MR) is 58.7 cm³/mol. The standard InChI is InChI=1S/C9H9BrCl2/c1-6(5-10)8-3-2-7(11)4-9(8)12/h2-4,6H,5H2,1H3. The van der Waals surface area contributed by atoms with Crippen molar-refractivity contribution >= 4 is 39.1 Å².